The summed E-state index contributed by atoms with van der Waals surface area (Å²) in [5, 5.41) is 35.2. The maximum atomic E-state index is 10.7. The first-order valence-corrected chi connectivity index (χ1v) is 5.41. The van der Waals surface area contributed by atoms with Crippen LogP contribution in [0, 0.1) is 0 Å². The lowest BCUT2D eigenvalue weighted by molar-refractivity contribution is 0.101. The van der Waals surface area contributed by atoms with Gasteiger partial charge in [0.25, 0.3) is 0 Å². The molecule has 100 valence electrons. The van der Waals surface area contributed by atoms with Crippen LogP contribution >= 0.6 is 0 Å². The number of Topliss-reactive ketones (excluding diaryl/α,β-unsaturated/α-hetero) is 1. The predicted octanol–water partition coefficient (Wildman–Crippen LogP) is 2.40. The van der Waals surface area contributed by atoms with Crippen LogP contribution in [0.5, 0.6) is 23.0 Å². The number of phenolic OH excluding ortho intramolecular Hbond substituents is 4. The fourth-order valence-electron chi connectivity index (χ4n) is 1.31. The Morgan fingerprint density at radius 3 is 1.74 bits per heavy atom. The molecule has 2 aromatic carbocycles. The molecule has 0 aromatic heterocycles. The third kappa shape index (κ3) is 4.59. The van der Waals surface area contributed by atoms with Crippen molar-refractivity contribution in [3.8, 4) is 23.0 Å². The molecule has 0 spiro atoms. The summed E-state index contributed by atoms with van der Waals surface area (Å²) < 4.78 is 0. The SMILES string of the molecule is CC(=O)c1ccc(O)cc1O.Oc1cccc(O)c1. The Morgan fingerprint density at radius 2 is 1.37 bits per heavy atom. The van der Waals surface area contributed by atoms with Gasteiger partial charge in [0, 0.05) is 12.1 Å². The smallest absolute Gasteiger partial charge is 0.163 e. The van der Waals surface area contributed by atoms with Crippen LogP contribution in [0.1, 0.15) is 17.3 Å². The summed E-state index contributed by atoms with van der Waals surface area (Å²) in [6.07, 6.45) is 0. The Balaban J connectivity index is 0.000000200. The van der Waals surface area contributed by atoms with Crippen LogP contribution in [0.2, 0.25) is 0 Å². The van der Waals surface area contributed by atoms with Crippen LogP contribution in [0.3, 0.4) is 0 Å². The zero-order valence-electron chi connectivity index (χ0n) is 10.2. The van der Waals surface area contributed by atoms with E-state index in [1.54, 1.807) is 6.07 Å². The first kappa shape index (κ1) is 14.4. The maximum Gasteiger partial charge on any atom is 0.163 e. The molecule has 0 heterocycles. The molecule has 0 unspecified atom stereocenters. The lowest BCUT2D eigenvalue weighted by Gasteiger charge is -1.99. The van der Waals surface area contributed by atoms with Gasteiger partial charge in [-0.2, -0.15) is 0 Å². The van der Waals surface area contributed by atoms with Crippen molar-refractivity contribution in [2.75, 3.05) is 0 Å². The van der Waals surface area contributed by atoms with E-state index in [2.05, 4.69) is 0 Å². The number of benzene rings is 2. The number of hydrogen-bond acceptors (Lipinski definition) is 5. The van der Waals surface area contributed by atoms with Gasteiger partial charge in [-0.1, -0.05) is 6.07 Å². The Kier molecular flexibility index (Phi) is 4.76. The number of phenols is 4. The van der Waals surface area contributed by atoms with Gasteiger partial charge in [-0.3, -0.25) is 4.79 Å². The lowest BCUT2D eigenvalue weighted by Crippen LogP contribution is -1.91. The molecule has 0 aliphatic rings. The largest absolute Gasteiger partial charge is 0.508 e. The zero-order valence-corrected chi connectivity index (χ0v) is 10.2. The van der Waals surface area contributed by atoms with E-state index in [4.69, 9.17) is 20.4 Å². The normalized spacial score (nSPS) is 9.32. The van der Waals surface area contributed by atoms with Crippen molar-refractivity contribution in [1.82, 2.24) is 0 Å². The first-order chi connectivity index (χ1) is 8.90. The van der Waals surface area contributed by atoms with Crippen molar-refractivity contribution in [3.05, 3.63) is 48.0 Å². The first-order valence-electron chi connectivity index (χ1n) is 5.41. The number of carbonyl (C=O) groups excluding carboxylic acids is 1. The summed E-state index contributed by atoms with van der Waals surface area (Å²) in [6, 6.07) is 9.73. The fraction of sp³-hybridized carbons (Fsp3) is 0.0714. The van der Waals surface area contributed by atoms with E-state index in [1.807, 2.05) is 0 Å². The van der Waals surface area contributed by atoms with Gasteiger partial charge in [0.2, 0.25) is 0 Å². The van der Waals surface area contributed by atoms with E-state index in [1.165, 1.54) is 37.3 Å². The van der Waals surface area contributed by atoms with Crippen molar-refractivity contribution in [2.45, 2.75) is 6.92 Å². The molecule has 0 fully saturated rings. The van der Waals surface area contributed by atoms with Crippen LogP contribution in [-0.4, -0.2) is 26.2 Å². The van der Waals surface area contributed by atoms with Crippen LogP contribution < -0.4 is 0 Å². The third-order valence-corrected chi connectivity index (χ3v) is 2.19. The van der Waals surface area contributed by atoms with Crippen LogP contribution in [0.4, 0.5) is 0 Å². The molecule has 5 nitrogen and oxygen atoms in total. The monoisotopic (exact) mass is 262 g/mol. The summed E-state index contributed by atoms with van der Waals surface area (Å²) in [7, 11) is 0. The molecule has 2 aromatic rings. The van der Waals surface area contributed by atoms with Gasteiger partial charge < -0.3 is 20.4 Å². The molecule has 0 bridgehead atoms. The highest BCUT2D eigenvalue weighted by molar-refractivity contribution is 5.96. The summed E-state index contributed by atoms with van der Waals surface area (Å²) >= 11 is 0. The molecule has 0 radical (unpaired) electrons. The highest BCUT2D eigenvalue weighted by Gasteiger charge is 2.05. The van der Waals surface area contributed by atoms with Gasteiger partial charge in [-0.05, 0) is 31.2 Å². The maximum absolute atomic E-state index is 10.7. The van der Waals surface area contributed by atoms with E-state index in [0.29, 0.717) is 0 Å². The fourth-order valence-corrected chi connectivity index (χ4v) is 1.31. The molecule has 0 aliphatic carbocycles. The summed E-state index contributed by atoms with van der Waals surface area (Å²) in [6.45, 7) is 1.35. The van der Waals surface area contributed by atoms with E-state index in [-0.39, 0.29) is 34.3 Å². The molecule has 0 saturated carbocycles. The van der Waals surface area contributed by atoms with E-state index in [9.17, 15) is 4.79 Å². The summed E-state index contributed by atoms with van der Waals surface area (Å²) in [4.78, 5) is 10.7. The van der Waals surface area contributed by atoms with Gasteiger partial charge in [0.1, 0.15) is 23.0 Å². The molecule has 5 heteroatoms. The Bertz CT molecular complexity index is 561. The standard InChI is InChI=1S/C8H8O3.C6H6O2/c1-5(9)7-3-2-6(10)4-8(7)11;7-5-2-1-3-6(8)4-5/h2-4,10-11H,1H3;1-4,7-8H. The molecule has 19 heavy (non-hydrogen) atoms. The highest BCUT2D eigenvalue weighted by atomic mass is 16.3. The molecule has 0 saturated heterocycles. The van der Waals surface area contributed by atoms with E-state index >= 15 is 0 Å². The van der Waals surface area contributed by atoms with E-state index in [0.717, 1.165) is 6.07 Å². The van der Waals surface area contributed by atoms with Crippen molar-refractivity contribution in [3.63, 3.8) is 0 Å². The van der Waals surface area contributed by atoms with Crippen molar-refractivity contribution in [1.29, 1.82) is 0 Å². The molecule has 0 aliphatic heterocycles. The van der Waals surface area contributed by atoms with Crippen LogP contribution in [0.15, 0.2) is 42.5 Å². The second-order valence-corrected chi connectivity index (χ2v) is 3.78. The van der Waals surface area contributed by atoms with Crippen LogP contribution in [0.25, 0.3) is 0 Å². The number of carbonyl (C=O) groups is 1. The average molecular weight is 262 g/mol. The Hall–Kier alpha value is -2.69. The molecule has 4 N–H and O–H groups in total. The zero-order chi connectivity index (χ0) is 14.4. The molecular weight excluding hydrogens is 248 g/mol. The topological polar surface area (TPSA) is 98.0 Å². The minimum Gasteiger partial charge on any atom is -0.508 e. The van der Waals surface area contributed by atoms with Crippen molar-refractivity contribution >= 4 is 5.78 Å². The second kappa shape index (κ2) is 6.30. The van der Waals surface area contributed by atoms with Gasteiger partial charge in [-0.15, -0.1) is 0 Å². The van der Waals surface area contributed by atoms with Crippen LogP contribution in [-0.2, 0) is 0 Å². The number of aromatic hydroxyl groups is 4. The van der Waals surface area contributed by atoms with Gasteiger partial charge in [0.05, 0.1) is 5.56 Å². The summed E-state index contributed by atoms with van der Waals surface area (Å²) in [5.41, 5.74) is 0.225. The molecular formula is C14H14O5. The quantitative estimate of drug-likeness (QED) is 0.591. The minimum atomic E-state index is -0.220. The average Bonchev–Trinajstić information content (AvgIpc) is 2.28. The van der Waals surface area contributed by atoms with Crippen molar-refractivity contribution in [2.24, 2.45) is 0 Å². The Morgan fingerprint density at radius 1 is 0.842 bits per heavy atom. The van der Waals surface area contributed by atoms with Crippen molar-refractivity contribution < 1.29 is 25.2 Å². The summed E-state index contributed by atoms with van der Waals surface area (Å²) in [5.74, 6) is -0.275. The molecule has 0 atom stereocenters. The second-order valence-electron chi connectivity index (χ2n) is 3.78. The number of rotatable bonds is 1. The molecule has 2 rings (SSSR count). The highest BCUT2D eigenvalue weighted by Crippen LogP contribution is 2.22. The van der Waals surface area contributed by atoms with Gasteiger partial charge >= 0.3 is 0 Å². The van der Waals surface area contributed by atoms with Gasteiger partial charge in [0.15, 0.2) is 5.78 Å². The van der Waals surface area contributed by atoms with Gasteiger partial charge in [-0.25, -0.2) is 0 Å². The van der Waals surface area contributed by atoms with E-state index < -0.39 is 0 Å². The third-order valence-electron chi connectivity index (χ3n) is 2.19. The number of hydrogen-bond donors (Lipinski definition) is 4. The lowest BCUT2D eigenvalue weighted by atomic mass is 10.1. The Labute approximate surface area is 110 Å². The molecule has 0 amide bonds. The minimum absolute atomic E-state index is 0.0486. The number of ketones is 1. The predicted molar refractivity (Wildman–Crippen MR) is 69.5 cm³/mol.